The van der Waals surface area contributed by atoms with Crippen molar-refractivity contribution >= 4 is 15.9 Å². The van der Waals surface area contributed by atoms with Gasteiger partial charge in [-0.05, 0) is 24.0 Å². The second kappa shape index (κ2) is 7.14. The van der Waals surface area contributed by atoms with Crippen molar-refractivity contribution in [1.29, 1.82) is 0 Å². The van der Waals surface area contributed by atoms with Crippen LogP contribution in [-0.4, -0.2) is 12.6 Å². The molecule has 0 saturated carbocycles. The molecule has 0 aliphatic rings. The Morgan fingerprint density at radius 3 is 2.47 bits per heavy atom. The van der Waals surface area contributed by atoms with E-state index in [0.29, 0.717) is 5.92 Å². The third-order valence-electron chi connectivity index (χ3n) is 2.68. The molecule has 0 fully saturated rings. The summed E-state index contributed by atoms with van der Waals surface area (Å²) in [4.78, 5) is 0. The van der Waals surface area contributed by atoms with E-state index in [1.807, 2.05) is 18.2 Å². The highest BCUT2D eigenvalue weighted by Crippen LogP contribution is 2.29. The van der Waals surface area contributed by atoms with E-state index in [2.05, 4.69) is 42.8 Å². The van der Waals surface area contributed by atoms with Gasteiger partial charge in [0.2, 0.25) is 0 Å². The zero-order valence-electron chi connectivity index (χ0n) is 10.8. The minimum absolute atomic E-state index is 0.0297. The number of benzene rings is 1. The van der Waals surface area contributed by atoms with E-state index in [0.717, 1.165) is 23.1 Å². The van der Waals surface area contributed by atoms with Gasteiger partial charge in [0, 0.05) is 17.1 Å². The van der Waals surface area contributed by atoms with Crippen molar-refractivity contribution in [3.63, 3.8) is 0 Å². The van der Waals surface area contributed by atoms with E-state index >= 15 is 0 Å². The lowest BCUT2D eigenvalue weighted by Gasteiger charge is -2.25. The van der Waals surface area contributed by atoms with Crippen LogP contribution in [0.15, 0.2) is 28.7 Å². The maximum atomic E-state index is 6.16. The molecule has 0 aliphatic carbocycles. The Labute approximate surface area is 113 Å². The first-order valence-corrected chi connectivity index (χ1v) is 6.97. The second-order valence-corrected chi connectivity index (χ2v) is 5.60. The van der Waals surface area contributed by atoms with Crippen LogP contribution in [0, 0.1) is 5.92 Å². The molecule has 2 nitrogen and oxygen atoms in total. The molecule has 0 aromatic heterocycles. The van der Waals surface area contributed by atoms with Crippen molar-refractivity contribution in [2.24, 2.45) is 11.7 Å². The second-order valence-electron chi connectivity index (χ2n) is 4.74. The summed E-state index contributed by atoms with van der Waals surface area (Å²) in [5.41, 5.74) is 7.30. The van der Waals surface area contributed by atoms with Crippen LogP contribution in [0.3, 0.4) is 0 Å². The largest absolute Gasteiger partial charge is 0.372 e. The SMILES string of the molecule is CCC(N)C(OCC(C)C)c1ccccc1Br. The minimum atomic E-state index is -0.0297. The molecule has 1 aromatic rings. The van der Waals surface area contributed by atoms with Gasteiger partial charge in [-0.15, -0.1) is 0 Å². The Hall–Kier alpha value is -0.380. The van der Waals surface area contributed by atoms with E-state index < -0.39 is 0 Å². The third-order valence-corrected chi connectivity index (χ3v) is 3.40. The van der Waals surface area contributed by atoms with Gasteiger partial charge < -0.3 is 10.5 Å². The maximum Gasteiger partial charge on any atom is 0.0986 e. The molecule has 2 unspecified atom stereocenters. The van der Waals surface area contributed by atoms with Crippen LogP contribution < -0.4 is 5.73 Å². The molecule has 2 N–H and O–H groups in total. The quantitative estimate of drug-likeness (QED) is 0.864. The summed E-state index contributed by atoms with van der Waals surface area (Å²) in [6.07, 6.45) is 0.877. The highest BCUT2D eigenvalue weighted by molar-refractivity contribution is 9.10. The highest BCUT2D eigenvalue weighted by Gasteiger charge is 2.21. The number of rotatable bonds is 6. The van der Waals surface area contributed by atoms with Crippen LogP contribution in [-0.2, 0) is 4.74 Å². The molecule has 1 rings (SSSR count). The van der Waals surface area contributed by atoms with Gasteiger partial charge in [0.25, 0.3) is 0 Å². The molecule has 1 aromatic carbocycles. The lowest BCUT2D eigenvalue weighted by atomic mass is 10.0. The summed E-state index contributed by atoms with van der Waals surface area (Å²) in [5.74, 6) is 0.518. The molecule has 96 valence electrons. The summed E-state index contributed by atoms with van der Waals surface area (Å²) in [6.45, 7) is 7.12. The van der Waals surface area contributed by atoms with Crippen molar-refractivity contribution in [3.05, 3.63) is 34.3 Å². The van der Waals surface area contributed by atoms with Gasteiger partial charge in [-0.2, -0.15) is 0 Å². The Balaban J connectivity index is 2.86. The normalized spacial score (nSPS) is 14.9. The summed E-state index contributed by atoms with van der Waals surface area (Å²) in [7, 11) is 0. The van der Waals surface area contributed by atoms with Crippen molar-refractivity contribution in [3.8, 4) is 0 Å². The van der Waals surface area contributed by atoms with Crippen LogP contribution in [0.5, 0.6) is 0 Å². The summed E-state index contributed by atoms with van der Waals surface area (Å²) in [6, 6.07) is 8.17. The van der Waals surface area contributed by atoms with Gasteiger partial charge in [0.1, 0.15) is 0 Å². The summed E-state index contributed by atoms with van der Waals surface area (Å²) < 4.78 is 7.04. The smallest absolute Gasteiger partial charge is 0.0986 e. The van der Waals surface area contributed by atoms with Gasteiger partial charge in [-0.25, -0.2) is 0 Å². The predicted molar refractivity (Wildman–Crippen MR) is 75.9 cm³/mol. The molecule has 0 radical (unpaired) electrons. The lowest BCUT2D eigenvalue weighted by Crippen LogP contribution is -2.30. The number of hydrogen-bond donors (Lipinski definition) is 1. The fourth-order valence-corrected chi connectivity index (χ4v) is 2.17. The van der Waals surface area contributed by atoms with Crippen LogP contribution in [0.4, 0.5) is 0 Å². The zero-order chi connectivity index (χ0) is 12.8. The molecular weight excluding hydrogens is 278 g/mol. The molecule has 3 heteroatoms. The molecule has 0 amide bonds. The zero-order valence-corrected chi connectivity index (χ0v) is 12.4. The van der Waals surface area contributed by atoms with E-state index in [1.54, 1.807) is 0 Å². The fourth-order valence-electron chi connectivity index (χ4n) is 1.66. The number of halogens is 1. The Morgan fingerprint density at radius 1 is 1.29 bits per heavy atom. The fraction of sp³-hybridized carbons (Fsp3) is 0.571. The Bertz CT molecular complexity index is 341. The maximum absolute atomic E-state index is 6.16. The van der Waals surface area contributed by atoms with Crippen LogP contribution >= 0.6 is 15.9 Å². The first kappa shape index (κ1) is 14.7. The summed E-state index contributed by atoms with van der Waals surface area (Å²) in [5, 5.41) is 0. The standard InChI is InChI=1S/C14H22BrNO/c1-4-13(16)14(17-9-10(2)3)11-7-5-6-8-12(11)15/h5-8,10,13-14H,4,9,16H2,1-3H3. The minimum Gasteiger partial charge on any atom is -0.372 e. The van der Waals surface area contributed by atoms with Crippen LogP contribution in [0.1, 0.15) is 38.9 Å². The van der Waals surface area contributed by atoms with E-state index in [9.17, 15) is 0 Å². The number of hydrogen-bond acceptors (Lipinski definition) is 2. The van der Waals surface area contributed by atoms with Crippen molar-refractivity contribution in [2.45, 2.75) is 39.3 Å². The summed E-state index contributed by atoms with van der Waals surface area (Å²) >= 11 is 3.57. The van der Waals surface area contributed by atoms with Crippen molar-refractivity contribution in [2.75, 3.05) is 6.61 Å². The average Bonchev–Trinajstić information content (AvgIpc) is 2.30. The lowest BCUT2D eigenvalue weighted by molar-refractivity contribution is 0.0173. The average molecular weight is 300 g/mol. The van der Waals surface area contributed by atoms with E-state index in [1.165, 1.54) is 0 Å². The molecule has 0 saturated heterocycles. The molecular formula is C14H22BrNO. The van der Waals surface area contributed by atoms with Gasteiger partial charge in [0.15, 0.2) is 0 Å². The first-order chi connectivity index (χ1) is 8.06. The van der Waals surface area contributed by atoms with Gasteiger partial charge >= 0.3 is 0 Å². The number of nitrogens with two attached hydrogens (primary N) is 1. The van der Waals surface area contributed by atoms with E-state index in [-0.39, 0.29) is 12.1 Å². The first-order valence-electron chi connectivity index (χ1n) is 6.17. The Morgan fingerprint density at radius 2 is 1.94 bits per heavy atom. The molecule has 0 aliphatic heterocycles. The topological polar surface area (TPSA) is 35.2 Å². The van der Waals surface area contributed by atoms with E-state index in [4.69, 9.17) is 10.5 Å². The van der Waals surface area contributed by atoms with Crippen LogP contribution in [0.2, 0.25) is 0 Å². The molecule has 0 spiro atoms. The molecule has 0 heterocycles. The van der Waals surface area contributed by atoms with Gasteiger partial charge in [-0.1, -0.05) is 54.9 Å². The third kappa shape index (κ3) is 4.41. The van der Waals surface area contributed by atoms with Crippen molar-refractivity contribution < 1.29 is 4.74 Å². The van der Waals surface area contributed by atoms with Gasteiger partial charge in [-0.3, -0.25) is 0 Å². The molecule has 0 bridgehead atoms. The van der Waals surface area contributed by atoms with Crippen LogP contribution in [0.25, 0.3) is 0 Å². The van der Waals surface area contributed by atoms with Crippen molar-refractivity contribution in [1.82, 2.24) is 0 Å². The molecule has 17 heavy (non-hydrogen) atoms. The molecule has 2 atom stereocenters. The van der Waals surface area contributed by atoms with Gasteiger partial charge in [0.05, 0.1) is 6.10 Å². The monoisotopic (exact) mass is 299 g/mol. The highest BCUT2D eigenvalue weighted by atomic mass is 79.9. The Kier molecular flexibility index (Phi) is 6.17. The predicted octanol–water partition coefficient (Wildman–Crippen LogP) is 3.90. The number of ether oxygens (including phenoxy) is 1.